The first-order chi connectivity index (χ1) is 14.9. The van der Waals surface area contributed by atoms with Crippen LogP contribution < -0.4 is 0 Å². The van der Waals surface area contributed by atoms with Crippen molar-refractivity contribution in [2.24, 2.45) is 0 Å². The van der Waals surface area contributed by atoms with E-state index in [2.05, 4.69) is 15.9 Å². The van der Waals surface area contributed by atoms with E-state index in [0.29, 0.717) is 21.7 Å². The number of hydrogen-bond acceptors (Lipinski definition) is 4. The van der Waals surface area contributed by atoms with Gasteiger partial charge in [-0.25, -0.2) is 0 Å². The summed E-state index contributed by atoms with van der Waals surface area (Å²) < 4.78 is 0. The molecule has 0 N–H and O–H groups in total. The Kier molecular flexibility index (Phi) is 5.85. The summed E-state index contributed by atoms with van der Waals surface area (Å²) in [5.74, 6) is -1.66. The molecule has 0 aromatic heterocycles. The largest absolute Gasteiger partial charge is 0.293 e. The predicted molar refractivity (Wildman–Crippen MR) is 120 cm³/mol. The van der Waals surface area contributed by atoms with Crippen molar-refractivity contribution >= 4 is 50.9 Å². The minimum atomic E-state index is -0.891. The van der Waals surface area contributed by atoms with E-state index in [1.807, 2.05) is 0 Å². The number of ketones is 2. The van der Waals surface area contributed by atoms with Gasteiger partial charge in [-0.2, -0.15) is 0 Å². The van der Waals surface area contributed by atoms with Crippen molar-refractivity contribution in [2.45, 2.75) is 4.83 Å². The smallest absolute Gasteiger partial charge is 0.261 e. The van der Waals surface area contributed by atoms with E-state index in [0.717, 1.165) is 4.90 Å². The van der Waals surface area contributed by atoms with Crippen LogP contribution in [0.5, 0.6) is 0 Å². The van der Waals surface area contributed by atoms with Gasteiger partial charge < -0.3 is 0 Å². The van der Waals surface area contributed by atoms with Crippen LogP contribution in [-0.2, 0) is 0 Å². The van der Waals surface area contributed by atoms with Gasteiger partial charge in [0, 0.05) is 28.3 Å². The fourth-order valence-corrected chi connectivity index (χ4v) is 4.19. The third kappa shape index (κ3) is 3.96. The summed E-state index contributed by atoms with van der Waals surface area (Å²) >= 11 is 9.40. The lowest BCUT2D eigenvalue weighted by atomic mass is 9.95. The molecule has 154 valence electrons. The first kappa shape index (κ1) is 21.2. The molecule has 1 aliphatic rings. The molecule has 7 heteroatoms. The number of carbonyl (C=O) groups is 4. The van der Waals surface area contributed by atoms with Gasteiger partial charge in [-0.05, 0) is 30.3 Å². The highest BCUT2D eigenvalue weighted by Crippen LogP contribution is 2.26. The highest BCUT2D eigenvalue weighted by atomic mass is 79.9. The second-order valence-corrected chi connectivity index (χ2v) is 8.53. The molecule has 0 radical (unpaired) electrons. The Balaban J connectivity index is 1.61. The maximum absolute atomic E-state index is 13.2. The predicted octanol–water partition coefficient (Wildman–Crippen LogP) is 4.81. The summed E-state index contributed by atoms with van der Waals surface area (Å²) in [4.78, 5) is 51.6. The minimum Gasteiger partial charge on any atom is -0.293 e. The molecule has 1 unspecified atom stereocenters. The summed E-state index contributed by atoms with van der Waals surface area (Å²) in [7, 11) is 0. The van der Waals surface area contributed by atoms with Crippen molar-refractivity contribution in [1.82, 2.24) is 4.90 Å². The molecule has 3 aromatic rings. The Morgan fingerprint density at radius 3 is 2.03 bits per heavy atom. The Morgan fingerprint density at radius 2 is 1.42 bits per heavy atom. The first-order valence-corrected chi connectivity index (χ1v) is 10.7. The molecular formula is C24H15BrClNO4. The lowest BCUT2D eigenvalue weighted by Crippen LogP contribution is -2.38. The molecule has 5 nitrogen and oxygen atoms in total. The van der Waals surface area contributed by atoms with Crippen LogP contribution >= 0.6 is 27.5 Å². The number of fused-ring (bicyclic) bond motifs is 1. The fraction of sp³-hybridized carbons (Fsp3) is 0.0833. The Bertz CT molecular complexity index is 1190. The zero-order valence-electron chi connectivity index (χ0n) is 16.0. The van der Waals surface area contributed by atoms with Crippen LogP contribution in [0.1, 0.15) is 47.0 Å². The van der Waals surface area contributed by atoms with E-state index >= 15 is 0 Å². The lowest BCUT2D eigenvalue weighted by Gasteiger charge is -2.18. The standard InChI is InChI=1S/C24H15BrClNO4/c25-20(13-27-23(30)17-8-4-5-9-18(17)24(27)31)22(29)16-11-10-15(26)12-19(16)21(28)14-6-2-1-3-7-14/h1-12,20H,13H2. The number of halogens is 2. The van der Waals surface area contributed by atoms with Crippen LogP contribution in [0.15, 0.2) is 72.8 Å². The van der Waals surface area contributed by atoms with Gasteiger partial charge in [0.05, 0.1) is 16.0 Å². The van der Waals surface area contributed by atoms with Crippen molar-refractivity contribution < 1.29 is 19.2 Å². The molecule has 0 bridgehead atoms. The minimum absolute atomic E-state index is 0.160. The number of Topliss-reactive ketones (excluding diaryl/α,β-unsaturated/α-hetero) is 1. The maximum atomic E-state index is 13.2. The van der Waals surface area contributed by atoms with Gasteiger partial charge in [-0.3, -0.25) is 24.1 Å². The van der Waals surface area contributed by atoms with E-state index in [1.54, 1.807) is 54.6 Å². The van der Waals surface area contributed by atoms with Gasteiger partial charge in [0.25, 0.3) is 11.8 Å². The monoisotopic (exact) mass is 495 g/mol. The average Bonchev–Trinajstić information content (AvgIpc) is 3.03. The Labute approximate surface area is 191 Å². The first-order valence-electron chi connectivity index (χ1n) is 9.41. The fourth-order valence-electron chi connectivity index (χ4n) is 3.48. The third-order valence-corrected chi connectivity index (χ3v) is 5.97. The SMILES string of the molecule is O=C(c1ccccc1)c1cc(Cl)ccc1C(=O)C(Br)CN1C(=O)c2ccccc2C1=O. The molecule has 4 rings (SSSR count). The molecule has 0 saturated heterocycles. The average molecular weight is 497 g/mol. The quantitative estimate of drug-likeness (QED) is 0.279. The summed E-state index contributed by atoms with van der Waals surface area (Å²) in [5.41, 5.74) is 1.37. The van der Waals surface area contributed by atoms with Gasteiger partial charge in [-0.15, -0.1) is 0 Å². The normalized spacial score (nSPS) is 13.8. The van der Waals surface area contributed by atoms with Crippen molar-refractivity contribution in [3.8, 4) is 0 Å². The zero-order chi connectivity index (χ0) is 22.1. The van der Waals surface area contributed by atoms with Gasteiger partial charge in [0.1, 0.15) is 0 Å². The number of benzene rings is 3. The van der Waals surface area contributed by atoms with Crippen LogP contribution in [0.3, 0.4) is 0 Å². The van der Waals surface area contributed by atoms with E-state index in [4.69, 9.17) is 11.6 Å². The molecule has 0 fully saturated rings. The number of alkyl halides is 1. The summed E-state index contributed by atoms with van der Waals surface area (Å²) in [6, 6.07) is 19.5. The van der Waals surface area contributed by atoms with E-state index in [1.165, 1.54) is 18.2 Å². The molecule has 0 spiro atoms. The maximum Gasteiger partial charge on any atom is 0.261 e. The van der Waals surface area contributed by atoms with Gasteiger partial charge in [0.15, 0.2) is 11.6 Å². The van der Waals surface area contributed by atoms with Gasteiger partial charge >= 0.3 is 0 Å². The van der Waals surface area contributed by atoms with Gasteiger partial charge in [-0.1, -0.05) is 70.0 Å². The van der Waals surface area contributed by atoms with Crippen molar-refractivity contribution in [1.29, 1.82) is 0 Å². The molecule has 1 atom stereocenters. The number of nitrogens with zero attached hydrogens (tertiary/aromatic N) is 1. The molecular weight excluding hydrogens is 482 g/mol. The second-order valence-electron chi connectivity index (χ2n) is 6.98. The zero-order valence-corrected chi connectivity index (χ0v) is 18.4. The topological polar surface area (TPSA) is 71.5 Å². The number of imide groups is 1. The van der Waals surface area contributed by atoms with E-state index in [9.17, 15) is 19.2 Å². The molecule has 0 aliphatic carbocycles. The van der Waals surface area contributed by atoms with Crippen LogP contribution in [-0.4, -0.2) is 39.7 Å². The number of carbonyl (C=O) groups excluding carboxylic acids is 4. The highest BCUT2D eigenvalue weighted by Gasteiger charge is 2.37. The molecule has 2 amide bonds. The molecule has 1 heterocycles. The van der Waals surface area contributed by atoms with Crippen molar-refractivity contribution in [2.75, 3.05) is 6.54 Å². The molecule has 31 heavy (non-hydrogen) atoms. The van der Waals surface area contributed by atoms with Crippen molar-refractivity contribution in [3.63, 3.8) is 0 Å². The summed E-state index contributed by atoms with van der Waals surface area (Å²) in [6.07, 6.45) is 0. The Hall–Kier alpha value is -3.09. The molecule has 1 aliphatic heterocycles. The molecule has 3 aromatic carbocycles. The van der Waals surface area contributed by atoms with Gasteiger partial charge in [0.2, 0.25) is 0 Å². The lowest BCUT2D eigenvalue weighted by molar-refractivity contribution is 0.0652. The van der Waals surface area contributed by atoms with Crippen LogP contribution in [0.2, 0.25) is 5.02 Å². The van der Waals surface area contributed by atoms with Crippen molar-refractivity contribution in [3.05, 3.63) is 106 Å². The number of hydrogen-bond donors (Lipinski definition) is 0. The summed E-state index contributed by atoms with van der Waals surface area (Å²) in [5, 5.41) is 0.322. The Morgan fingerprint density at radius 1 is 0.839 bits per heavy atom. The second kappa shape index (κ2) is 8.57. The van der Waals surface area contributed by atoms with Crippen LogP contribution in [0, 0.1) is 0 Å². The van der Waals surface area contributed by atoms with Crippen LogP contribution in [0.25, 0.3) is 0 Å². The number of amides is 2. The number of rotatable bonds is 6. The van der Waals surface area contributed by atoms with Crippen LogP contribution in [0.4, 0.5) is 0 Å². The molecule has 0 saturated carbocycles. The third-order valence-electron chi connectivity index (χ3n) is 5.03. The van der Waals surface area contributed by atoms with E-state index < -0.39 is 22.4 Å². The van der Waals surface area contributed by atoms with E-state index in [-0.39, 0.29) is 23.5 Å². The summed E-state index contributed by atoms with van der Waals surface area (Å²) in [6.45, 7) is -0.160. The highest BCUT2D eigenvalue weighted by molar-refractivity contribution is 9.10.